The van der Waals surface area contributed by atoms with Crippen molar-refractivity contribution in [2.45, 2.75) is 13.3 Å². The maximum Gasteiger partial charge on any atom is 0.238 e. The highest BCUT2D eigenvalue weighted by atomic mass is 32.2. The molecule has 0 spiro atoms. The Morgan fingerprint density at radius 2 is 1.83 bits per heavy atom. The van der Waals surface area contributed by atoms with Gasteiger partial charge < -0.3 is 9.94 Å². The highest BCUT2D eigenvalue weighted by Gasteiger charge is 2.01. The van der Waals surface area contributed by atoms with Crippen LogP contribution in [0.25, 0.3) is 0 Å². The van der Waals surface area contributed by atoms with Gasteiger partial charge in [-0.1, -0.05) is 35.9 Å². The van der Waals surface area contributed by atoms with Crippen LogP contribution in [0.2, 0.25) is 0 Å². The number of hydrogen-bond acceptors (Lipinski definition) is 3. The Kier molecular flexibility index (Phi) is 3.53. The predicted octanol–water partition coefficient (Wildman–Crippen LogP) is 2.14. The fourth-order valence-electron chi connectivity index (χ4n) is 1.76. The van der Waals surface area contributed by atoms with Crippen LogP contribution in [-0.4, -0.2) is 13.1 Å². The minimum atomic E-state index is -2.53. The minimum Gasteiger partial charge on any atom is -0.805 e. The van der Waals surface area contributed by atoms with E-state index in [0.717, 1.165) is 11.1 Å². The second kappa shape index (κ2) is 5.10. The van der Waals surface area contributed by atoms with Crippen LogP contribution < -0.4 is 0 Å². The number of nitrogens with zero attached hydrogens (tertiary/aromatic N) is 1. The van der Waals surface area contributed by atoms with E-state index in [1.54, 1.807) is 12.1 Å². The summed E-state index contributed by atoms with van der Waals surface area (Å²) >= 11 is 0. The quantitative estimate of drug-likeness (QED) is 0.779. The van der Waals surface area contributed by atoms with Crippen LogP contribution in [-0.2, 0) is 16.7 Å². The van der Waals surface area contributed by atoms with Crippen molar-refractivity contribution in [2.75, 3.05) is 0 Å². The van der Waals surface area contributed by atoms with Gasteiger partial charge in [-0.2, -0.15) is 8.42 Å². The molecule has 0 fully saturated rings. The molecule has 0 aliphatic heterocycles. The van der Waals surface area contributed by atoms with Gasteiger partial charge in [0.15, 0.2) is 4.64 Å². The Labute approximate surface area is 106 Å². The zero-order valence-electron chi connectivity index (χ0n) is 9.83. The average molecular weight is 262 g/mol. The normalized spacial score (nSPS) is 10.3. The molecule has 94 valence electrons. The van der Waals surface area contributed by atoms with E-state index in [0.29, 0.717) is 16.7 Å². The van der Waals surface area contributed by atoms with Gasteiger partial charge in [0.05, 0.1) is 0 Å². The van der Waals surface area contributed by atoms with Crippen LogP contribution in [0.15, 0.2) is 42.6 Å². The van der Waals surface area contributed by atoms with Crippen molar-refractivity contribution in [1.82, 2.24) is 4.73 Å². The van der Waals surface area contributed by atoms with Gasteiger partial charge in [-0.3, -0.25) is 0 Å². The Morgan fingerprint density at radius 3 is 2.44 bits per heavy atom. The van der Waals surface area contributed by atoms with Crippen molar-refractivity contribution in [1.29, 1.82) is 0 Å². The van der Waals surface area contributed by atoms with Gasteiger partial charge >= 0.3 is 0 Å². The van der Waals surface area contributed by atoms with Crippen LogP contribution in [0, 0.1) is 16.8 Å². The Bertz CT molecular complexity index is 720. The second-order valence-corrected chi connectivity index (χ2v) is 4.92. The summed E-state index contributed by atoms with van der Waals surface area (Å²) in [5.41, 5.74) is 2.61. The maximum absolute atomic E-state index is 11.4. The third kappa shape index (κ3) is 2.62. The van der Waals surface area contributed by atoms with Crippen LogP contribution in [0.3, 0.4) is 0 Å². The summed E-state index contributed by atoms with van der Waals surface area (Å²) in [5.74, 6) is 0. The lowest BCUT2D eigenvalue weighted by Crippen LogP contribution is -1.99. The van der Waals surface area contributed by atoms with Crippen molar-refractivity contribution in [2.24, 2.45) is 0 Å². The largest absolute Gasteiger partial charge is 0.805 e. The lowest BCUT2D eigenvalue weighted by molar-refractivity contribution is 0.623. The van der Waals surface area contributed by atoms with E-state index in [9.17, 15) is 13.6 Å². The molecule has 0 bridgehead atoms. The molecule has 0 radical (unpaired) electrons. The number of pyridine rings is 1. The molecule has 5 heteroatoms. The summed E-state index contributed by atoms with van der Waals surface area (Å²) in [6, 6.07) is 11.0. The van der Waals surface area contributed by atoms with Crippen molar-refractivity contribution in [3.8, 4) is 0 Å². The van der Waals surface area contributed by atoms with Crippen LogP contribution in [0.4, 0.5) is 0 Å². The van der Waals surface area contributed by atoms with Crippen molar-refractivity contribution in [3.05, 3.63) is 69.1 Å². The van der Waals surface area contributed by atoms with Crippen molar-refractivity contribution in [3.63, 3.8) is 0 Å². The van der Waals surface area contributed by atoms with Crippen LogP contribution >= 0.6 is 0 Å². The topological polar surface area (TPSA) is 62.1 Å². The van der Waals surface area contributed by atoms with Gasteiger partial charge in [0.25, 0.3) is 0 Å². The van der Waals surface area contributed by atoms with Gasteiger partial charge in [0, 0.05) is 6.42 Å². The summed E-state index contributed by atoms with van der Waals surface area (Å²) in [6.45, 7) is 1.98. The number of aryl methyl sites for hydroxylation is 1. The first kappa shape index (κ1) is 12.4. The zero-order valence-corrected chi connectivity index (χ0v) is 10.6. The lowest BCUT2D eigenvalue weighted by atomic mass is 10.1. The maximum atomic E-state index is 11.4. The standard InChI is InChI=1S/C13H12NO3S/c1-10-4-6-11(7-5-10)9-12-3-2-8-14(15)13(12)18(16)17/h2-8H,9H2,1H3/q-1. The first-order valence-corrected chi connectivity index (χ1v) is 6.51. The average Bonchev–Trinajstić information content (AvgIpc) is 2.32. The Hall–Kier alpha value is -2.01. The number of aromatic nitrogens is 1. The molecule has 0 saturated carbocycles. The highest BCUT2D eigenvalue weighted by Crippen LogP contribution is 2.11. The summed E-state index contributed by atoms with van der Waals surface area (Å²) in [5, 5.41) is 11.4. The molecular formula is C13H12NO3S-. The van der Waals surface area contributed by atoms with Gasteiger partial charge in [-0.25, -0.2) is 0 Å². The third-order valence-electron chi connectivity index (χ3n) is 2.67. The fraction of sp³-hybridized carbons (Fsp3) is 0.154. The minimum absolute atomic E-state index is 0.210. The van der Waals surface area contributed by atoms with E-state index >= 15 is 0 Å². The summed E-state index contributed by atoms with van der Waals surface area (Å²) in [7, 11) is -2.53. The van der Waals surface area contributed by atoms with Crippen LogP contribution in [0.5, 0.6) is 0 Å². The molecular weight excluding hydrogens is 250 g/mol. The number of hydrogen-bond donors (Lipinski definition) is 0. The second-order valence-electron chi connectivity index (χ2n) is 4.06. The van der Waals surface area contributed by atoms with Crippen LogP contribution in [0.1, 0.15) is 16.7 Å². The smallest absolute Gasteiger partial charge is 0.238 e. The van der Waals surface area contributed by atoms with Crippen molar-refractivity contribution < 1.29 is 8.42 Å². The molecule has 2 rings (SSSR count). The molecule has 18 heavy (non-hydrogen) atoms. The molecule has 0 aliphatic carbocycles. The Balaban J connectivity index is 2.51. The van der Waals surface area contributed by atoms with Gasteiger partial charge in [0.2, 0.25) is 10.3 Å². The van der Waals surface area contributed by atoms with E-state index < -0.39 is 10.3 Å². The summed E-state index contributed by atoms with van der Waals surface area (Å²) < 4.78 is 22.3. The lowest BCUT2D eigenvalue weighted by Gasteiger charge is -2.12. The molecule has 0 N–H and O–H groups in total. The molecule has 0 amide bonds. The van der Waals surface area contributed by atoms with Gasteiger partial charge in [0.1, 0.15) is 0 Å². The predicted molar refractivity (Wildman–Crippen MR) is 69.3 cm³/mol. The third-order valence-corrected chi connectivity index (χ3v) is 3.42. The fourth-order valence-corrected chi connectivity index (χ4v) is 2.32. The van der Waals surface area contributed by atoms with Gasteiger partial charge in [-0.05, 0) is 30.3 Å². The summed E-state index contributed by atoms with van der Waals surface area (Å²) in [6.07, 6.45) is 1.61. The molecule has 0 aliphatic rings. The van der Waals surface area contributed by atoms with E-state index in [1.165, 1.54) is 6.20 Å². The first-order valence-electron chi connectivity index (χ1n) is 5.44. The Morgan fingerprint density at radius 1 is 1.17 bits per heavy atom. The zero-order chi connectivity index (χ0) is 13.1. The number of rotatable bonds is 2. The van der Waals surface area contributed by atoms with E-state index in [2.05, 4.69) is 0 Å². The molecule has 1 aromatic heterocycles. The van der Waals surface area contributed by atoms with E-state index in [4.69, 9.17) is 0 Å². The molecule has 4 nitrogen and oxygen atoms in total. The van der Waals surface area contributed by atoms with Crippen molar-refractivity contribution >= 4 is 10.3 Å². The van der Waals surface area contributed by atoms with Gasteiger partial charge in [-0.15, -0.1) is 0 Å². The highest BCUT2D eigenvalue weighted by molar-refractivity contribution is 7.63. The molecule has 2 aromatic rings. The molecule has 1 aromatic carbocycles. The molecule has 0 saturated heterocycles. The van der Waals surface area contributed by atoms with E-state index in [1.807, 2.05) is 31.2 Å². The molecule has 0 atom stereocenters. The number of benzene rings is 1. The SMILES string of the molecule is Cc1ccc(Cc2cccn([O-])c2=S(=O)=O)cc1. The molecule has 0 unspecified atom stereocenters. The summed E-state index contributed by atoms with van der Waals surface area (Å²) in [4.78, 5) is 0. The van der Waals surface area contributed by atoms with E-state index in [-0.39, 0.29) is 4.64 Å². The monoisotopic (exact) mass is 262 g/mol. The first-order chi connectivity index (χ1) is 8.58. The molecule has 1 heterocycles.